The number of ether oxygens (including phenoxy) is 1. The number of furan rings is 1. The van der Waals surface area contributed by atoms with Crippen LogP contribution in [0.1, 0.15) is 17.7 Å². The summed E-state index contributed by atoms with van der Waals surface area (Å²) in [7, 11) is 3.06. The summed E-state index contributed by atoms with van der Waals surface area (Å²) >= 11 is 0. The van der Waals surface area contributed by atoms with E-state index in [1.54, 1.807) is 36.4 Å². The number of hydrogen-bond acceptors (Lipinski definition) is 4. The molecule has 7 heteroatoms. The number of halogens is 1. The van der Waals surface area contributed by atoms with Crippen LogP contribution in [-0.4, -0.2) is 42.3 Å². The lowest BCUT2D eigenvalue weighted by Gasteiger charge is -2.21. The molecule has 0 unspecified atom stereocenters. The Bertz CT molecular complexity index is 791. The highest BCUT2D eigenvalue weighted by Gasteiger charge is 2.36. The summed E-state index contributed by atoms with van der Waals surface area (Å²) in [5, 5.41) is 0. The topological polar surface area (TPSA) is 63.0 Å². The molecule has 6 nitrogen and oxygen atoms in total. The van der Waals surface area contributed by atoms with Crippen LogP contribution in [0.15, 0.2) is 41.0 Å². The third-order valence-electron chi connectivity index (χ3n) is 4.50. The molecule has 0 radical (unpaired) electrons. The van der Waals surface area contributed by atoms with Crippen LogP contribution in [0.4, 0.5) is 4.39 Å². The molecule has 1 saturated heterocycles. The van der Waals surface area contributed by atoms with E-state index in [9.17, 15) is 14.0 Å². The normalized spacial score (nSPS) is 16.8. The van der Waals surface area contributed by atoms with Gasteiger partial charge in [-0.1, -0.05) is 6.07 Å². The van der Waals surface area contributed by atoms with Gasteiger partial charge < -0.3 is 19.0 Å². The first kappa shape index (κ1) is 18.0. The van der Waals surface area contributed by atoms with Crippen molar-refractivity contribution in [3.05, 3.63) is 53.7 Å². The monoisotopic (exact) mass is 360 g/mol. The van der Waals surface area contributed by atoms with Crippen molar-refractivity contribution in [3.63, 3.8) is 0 Å². The van der Waals surface area contributed by atoms with E-state index in [2.05, 4.69) is 0 Å². The number of hydrogen-bond donors (Lipinski definition) is 0. The Labute approximate surface area is 151 Å². The number of amides is 2. The summed E-state index contributed by atoms with van der Waals surface area (Å²) in [6.45, 7) is 0.991. The standard InChI is InChI=1S/C19H21FN2O4/c1-21(10-13-5-6-17(25-2)16(20)8-13)19(24)14-9-18(23)22(11-14)12-15-4-3-7-26-15/h3-8,14H,9-12H2,1-2H3/t14-/m0/s1. The minimum absolute atomic E-state index is 0.0661. The van der Waals surface area contributed by atoms with Gasteiger partial charge >= 0.3 is 0 Å². The highest BCUT2D eigenvalue weighted by molar-refractivity contribution is 5.89. The molecular formula is C19H21FN2O4. The molecule has 2 amide bonds. The van der Waals surface area contributed by atoms with Crippen LogP contribution in [0.3, 0.4) is 0 Å². The van der Waals surface area contributed by atoms with Gasteiger partial charge in [-0.05, 0) is 29.8 Å². The third-order valence-corrected chi connectivity index (χ3v) is 4.50. The zero-order valence-corrected chi connectivity index (χ0v) is 14.8. The summed E-state index contributed by atoms with van der Waals surface area (Å²) < 4.78 is 24.0. The quantitative estimate of drug-likeness (QED) is 0.794. The minimum Gasteiger partial charge on any atom is -0.494 e. The lowest BCUT2D eigenvalue weighted by molar-refractivity contribution is -0.135. The SMILES string of the molecule is COc1ccc(CN(C)C(=O)[C@H]2CC(=O)N(Cc3ccco3)C2)cc1F. The van der Waals surface area contributed by atoms with Gasteiger partial charge in [0.05, 0.1) is 25.8 Å². The maximum atomic E-state index is 13.8. The Balaban J connectivity index is 1.60. The lowest BCUT2D eigenvalue weighted by Crippen LogP contribution is -2.34. The molecule has 0 aliphatic carbocycles. The van der Waals surface area contributed by atoms with Crippen LogP contribution in [0.25, 0.3) is 0 Å². The molecule has 0 bridgehead atoms. The number of likely N-dealkylation sites (tertiary alicyclic amines) is 1. The fourth-order valence-electron chi connectivity index (χ4n) is 3.15. The second-order valence-corrected chi connectivity index (χ2v) is 6.42. The Morgan fingerprint density at radius 3 is 2.88 bits per heavy atom. The number of carbonyl (C=O) groups is 2. The van der Waals surface area contributed by atoms with Gasteiger partial charge in [-0.3, -0.25) is 9.59 Å². The van der Waals surface area contributed by atoms with E-state index in [4.69, 9.17) is 9.15 Å². The van der Waals surface area contributed by atoms with Crippen LogP contribution in [0, 0.1) is 11.7 Å². The average Bonchev–Trinajstić information content (AvgIpc) is 3.25. The molecule has 0 saturated carbocycles. The van der Waals surface area contributed by atoms with Crippen molar-refractivity contribution in [3.8, 4) is 5.75 Å². The molecule has 1 aromatic heterocycles. The van der Waals surface area contributed by atoms with Crippen molar-refractivity contribution in [2.75, 3.05) is 20.7 Å². The number of carbonyl (C=O) groups excluding carboxylic acids is 2. The van der Waals surface area contributed by atoms with E-state index in [-0.39, 0.29) is 30.5 Å². The third kappa shape index (κ3) is 3.87. The maximum absolute atomic E-state index is 13.8. The first-order valence-electron chi connectivity index (χ1n) is 8.35. The van der Waals surface area contributed by atoms with E-state index in [1.165, 1.54) is 24.1 Å². The van der Waals surface area contributed by atoms with Gasteiger partial charge in [-0.2, -0.15) is 0 Å². The van der Waals surface area contributed by atoms with Crippen LogP contribution in [-0.2, 0) is 22.7 Å². The van der Waals surface area contributed by atoms with E-state index in [0.717, 1.165) is 0 Å². The first-order chi connectivity index (χ1) is 12.5. The van der Waals surface area contributed by atoms with E-state index < -0.39 is 11.7 Å². The molecule has 26 heavy (non-hydrogen) atoms. The van der Waals surface area contributed by atoms with E-state index in [1.807, 2.05) is 0 Å². The number of methoxy groups -OCH3 is 1. The largest absolute Gasteiger partial charge is 0.494 e. The van der Waals surface area contributed by atoms with Crippen molar-refractivity contribution >= 4 is 11.8 Å². The minimum atomic E-state index is -0.466. The van der Waals surface area contributed by atoms with Gasteiger partial charge in [0, 0.05) is 26.6 Å². The zero-order valence-electron chi connectivity index (χ0n) is 14.8. The molecular weight excluding hydrogens is 339 g/mol. The molecule has 1 aliphatic rings. The van der Waals surface area contributed by atoms with Crippen LogP contribution < -0.4 is 4.74 Å². The van der Waals surface area contributed by atoms with Crippen molar-refractivity contribution in [2.45, 2.75) is 19.5 Å². The van der Waals surface area contributed by atoms with Gasteiger partial charge in [0.15, 0.2) is 11.6 Å². The molecule has 1 aromatic carbocycles. The van der Waals surface area contributed by atoms with E-state index in [0.29, 0.717) is 24.4 Å². The number of rotatable bonds is 6. The maximum Gasteiger partial charge on any atom is 0.228 e. The molecule has 0 N–H and O–H groups in total. The van der Waals surface area contributed by atoms with Gasteiger partial charge in [0.1, 0.15) is 5.76 Å². The molecule has 1 atom stereocenters. The molecule has 0 spiro atoms. The fraction of sp³-hybridized carbons (Fsp3) is 0.368. The second kappa shape index (κ2) is 7.59. The molecule has 3 rings (SSSR count). The van der Waals surface area contributed by atoms with Crippen molar-refractivity contribution in [1.82, 2.24) is 9.80 Å². The van der Waals surface area contributed by atoms with Crippen molar-refractivity contribution < 1.29 is 23.1 Å². The number of nitrogens with zero attached hydrogens (tertiary/aromatic N) is 2. The van der Waals surface area contributed by atoms with Crippen LogP contribution >= 0.6 is 0 Å². The van der Waals surface area contributed by atoms with Crippen molar-refractivity contribution in [1.29, 1.82) is 0 Å². The highest BCUT2D eigenvalue weighted by atomic mass is 19.1. The van der Waals surface area contributed by atoms with Crippen LogP contribution in [0.2, 0.25) is 0 Å². The predicted molar refractivity (Wildman–Crippen MR) is 91.7 cm³/mol. The molecule has 2 heterocycles. The molecule has 2 aromatic rings. The fourth-order valence-corrected chi connectivity index (χ4v) is 3.15. The van der Waals surface area contributed by atoms with Gasteiger partial charge in [-0.15, -0.1) is 0 Å². The number of benzene rings is 1. The summed E-state index contributed by atoms with van der Waals surface area (Å²) in [6, 6.07) is 8.17. The molecule has 138 valence electrons. The molecule has 1 aliphatic heterocycles. The van der Waals surface area contributed by atoms with Crippen LogP contribution in [0.5, 0.6) is 5.75 Å². The Kier molecular flexibility index (Phi) is 5.25. The van der Waals surface area contributed by atoms with Gasteiger partial charge in [0.25, 0.3) is 0 Å². The highest BCUT2D eigenvalue weighted by Crippen LogP contribution is 2.23. The average molecular weight is 360 g/mol. The van der Waals surface area contributed by atoms with Crippen molar-refractivity contribution in [2.24, 2.45) is 5.92 Å². The molecule has 1 fully saturated rings. The second-order valence-electron chi connectivity index (χ2n) is 6.42. The Morgan fingerprint density at radius 2 is 2.23 bits per heavy atom. The Hall–Kier alpha value is -2.83. The summed E-state index contributed by atoms with van der Waals surface area (Å²) in [4.78, 5) is 28.0. The first-order valence-corrected chi connectivity index (χ1v) is 8.35. The zero-order chi connectivity index (χ0) is 18.7. The Morgan fingerprint density at radius 1 is 1.42 bits per heavy atom. The smallest absolute Gasteiger partial charge is 0.228 e. The lowest BCUT2D eigenvalue weighted by atomic mass is 10.1. The summed E-state index contributed by atoms with van der Waals surface area (Å²) in [6.07, 6.45) is 1.74. The predicted octanol–water partition coefficient (Wildman–Crippen LogP) is 2.43. The van der Waals surface area contributed by atoms with E-state index >= 15 is 0 Å². The van der Waals surface area contributed by atoms with Gasteiger partial charge in [0.2, 0.25) is 11.8 Å². The summed E-state index contributed by atoms with van der Waals surface area (Å²) in [5.41, 5.74) is 0.663. The van der Waals surface area contributed by atoms with Gasteiger partial charge in [-0.25, -0.2) is 4.39 Å². The summed E-state index contributed by atoms with van der Waals surface area (Å²) in [5.74, 6) is -0.205.